The second-order valence-electron chi connectivity index (χ2n) is 25.2. The lowest BCUT2D eigenvalue weighted by atomic mass is 9.29. The Bertz CT molecular complexity index is 4470. The summed E-state index contributed by atoms with van der Waals surface area (Å²) in [6.45, 7) is 9.01. The van der Waals surface area contributed by atoms with Gasteiger partial charge in [-0.15, -0.1) is 0 Å². The van der Waals surface area contributed by atoms with Crippen molar-refractivity contribution in [1.29, 1.82) is 0 Å². The van der Waals surface area contributed by atoms with E-state index < -0.39 is 0 Å². The number of para-hydroxylation sites is 2. The maximum absolute atomic E-state index is 2.89. The van der Waals surface area contributed by atoms with E-state index in [9.17, 15) is 0 Å². The first-order chi connectivity index (χ1) is 40.3. The van der Waals surface area contributed by atoms with Crippen LogP contribution in [0, 0.1) is 27.7 Å². The van der Waals surface area contributed by atoms with Crippen molar-refractivity contribution in [1.82, 2.24) is 0 Å². The molecule has 6 heteroatoms. The molecule has 0 bridgehead atoms. The van der Waals surface area contributed by atoms with Gasteiger partial charge < -0.3 is 9.80 Å². The van der Waals surface area contributed by atoms with E-state index in [1.807, 2.05) is 0 Å². The molecule has 0 aromatic heterocycles. The maximum Gasteiger partial charge on any atom is 0.248 e. The first-order valence-electron chi connectivity index (χ1n) is 29.5. The number of hydrogen-bond donors (Lipinski definition) is 0. The van der Waals surface area contributed by atoms with Crippen molar-refractivity contribution in [3.63, 3.8) is 0 Å². The van der Waals surface area contributed by atoms with Gasteiger partial charge in [-0.3, -0.25) is 0 Å². The Balaban J connectivity index is 0.939. The van der Waals surface area contributed by atoms with E-state index >= 15 is 0 Å². The fourth-order valence-corrected chi connectivity index (χ4v) is 17.7. The number of anilines is 6. The highest BCUT2D eigenvalue weighted by Gasteiger charge is 2.62. The quantitative estimate of drug-likeness (QED) is 0.162. The summed E-state index contributed by atoms with van der Waals surface area (Å²) >= 11 is 0. The van der Waals surface area contributed by atoms with Gasteiger partial charge in [0.05, 0.1) is 22.7 Å². The highest BCUT2D eigenvalue weighted by atomic mass is 15.3. The second-order valence-corrected chi connectivity index (χ2v) is 25.2. The van der Waals surface area contributed by atoms with E-state index in [0.29, 0.717) is 0 Å². The van der Waals surface area contributed by atoms with Gasteiger partial charge >= 0.3 is 0 Å². The zero-order valence-electron chi connectivity index (χ0n) is 45.8. The molecule has 372 valence electrons. The van der Waals surface area contributed by atoms with E-state index in [1.54, 1.807) is 0 Å². The summed E-state index contributed by atoms with van der Waals surface area (Å²) in [6, 6.07) is 81.6. The molecular formula is C76H46B4N2. The van der Waals surface area contributed by atoms with Crippen LogP contribution in [0.15, 0.2) is 206 Å². The Morgan fingerprint density at radius 1 is 0.220 bits per heavy atom. The lowest BCUT2D eigenvalue weighted by molar-refractivity contribution is 1.20. The van der Waals surface area contributed by atoms with Crippen molar-refractivity contribution in [2.75, 3.05) is 9.80 Å². The summed E-state index contributed by atoms with van der Waals surface area (Å²) in [5.74, 6) is 0. The van der Waals surface area contributed by atoms with Crippen LogP contribution in [0.5, 0.6) is 0 Å². The predicted molar refractivity (Wildman–Crippen MR) is 350 cm³/mol. The topological polar surface area (TPSA) is 6.48 Å². The molecule has 0 N–H and O–H groups in total. The molecular weight excluding hydrogens is 984 g/mol. The van der Waals surface area contributed by atoms with Gasteiger partial charge in [0.2, 0.25) is 26.9 Å². The van der Waals surface area contributed by atoms with E-state index in [4.69, 9.17) is 0 Å². The normalized spacial score (nSPS) is 14.4. The van der Waals surface area contributed by atoms with Crippen molar-refractivity contribution >= 4 is 127 Å². The predicted octanol–water partition coefficient (Wildman–Crippen LogP) is 10.1. The third-order valence-corrected chi connectivity index (χ3v) is 21.1. The summed E-state index contributed by atoms with van der Waals surface area (Å²) in [6.07, 6.45) is 0. The molecule has 2 nitrogen and oxygen atoms in total. The minimum Gasteiger partial charge on any atom is -0.308 e. The fourth-order valence-electron chi connectivity index (χ4n) is 17.7. The van der Waals surface area contributed by atoms with Crippen LogP contribution in [0.3, 0.4) is 0 Å². The van der Waals surface area contributed by atoms with E-state index in [0.717, 1.165) is 0 Å². The molecule has 0 radical (unpaired) electrons. The van der Waals surface area contributed by atoms with Crippen molar-refractivity contribution in [3.8, 4) is 89.0 Å². The number of hydrogen-bond acceptors (Lipinski definition) is 2. The molecule has 0 saturated heterocycles. The molecule has 0 spiro atoms. The van der Waals surface area contributed by atoms with Gasteiger partial charge in [-0.2, -0.15) is 0 Å². The van der Waals surface area contributed by atoms with Gasteiger partial charge in [-0.25, -0.2) is 0 Å². The van der Waals surface area contributed by atoms with Crippen LogP contribution in [-0.4, -0.2) is 26.9 Å². The van der Waals surface area contributed by atoms with Gasteiger partial charge in [-0.1, -0.05) is 226 Å². The lowest BCUT2D eigenvalue weighted by Crippen LogP contribution is -2.68. The smallest absolute Gasteiger partial charge is 0.248 e. The first-order valence-corrected chi connectivity index (χ1v) is 29.5. The fraction of sp³-hybridized carbons (Fsp3) is 0.0526. The molecule has 9 heterocycles. The third kappa shape index (κ3) is 4.94. The lowest BCUT2D eigenvalue weighted by Gasteiger charge is -2.54. The number of aryl methyl sites for hydroxylation is 4. The Kier molecular flexibility index (Phi) is 7.66. The molecule has 12 aromatic rings. The standard InChI is InChI=1S/C76H46B4N2/c1-39-11-19-43(20-12-39)47-27-31-55-51(35-47)63-64-52-36-48(44-21-13-40(2)14-22-44)28-32-56(52)78-61-9-6-10-62-72(61)82-74(68(64)78)73-67(63)77(55)59-7-5-8-60-71(59)81(73)75-69-65(53-37-49(29-33-57(53)79(60)69)45-23-15-41(3)16-24-45)66-54-38-50(46-25-17-42(4)18-26-46)30-34-58(54)80(62)70(66)76(75)82/h5-38H,1-4H3. The Morgan fingerprint density at radius 2 is 0.439 bits per heavy atom. The number of rotatable bonds is 4. The van der Waals surface area contributed by atoms with Crippen LogP contribution >= 0.6 is 0 Å². The third-order valence-electron chi connectivity index (χ3n) is 21.1. The molecule has 0 atom stereocenters. The van der Waals surface area contributed by atoms with Crippen molar-refractivity contribution in [2.24, 2.45) is 0 Å². The van der Waals surface area contributed by atoms with Crippen LogP contribution < -0.4 is 75.4 Å². The van der Waals surface area contributed by atoms with Gasteiger partial charge in [0.15, 0.2) is 0 Å². The minimum absolute atomic E-state index is 0.0583. The molecule has 9 aliphatic rings. The molecule has 9 aliphatic heterocycles. The molecule has 0 amide bonds. The molecule has 0 saturated carbocycles. The summed E-state index contributed by atoms with van der Waals surface area (Å²) in [7, 11) is 0. The minimum atomic E-state index is 0.0583. The van der Waals surface area contributed by atoms with Crippen molar-refractivity contribution in [2.45, 2.75) is 27.7 Å². The van der Waals surface area contributed by atoms with Gasteiger partial charge in [0.25, 0.3) is 0 Å². The van der Waals surface area contributed by atoms with Crippen molar-refractivity contribution < 1.29 is 0 Å². The molecule has 0 aliphatic carbocycles. The van der Waals surface area contributed by atoms with Crippen molar-refractivity contribution in [3.05, 3.63) is 229 Å². The summed E-state index contributed by atoms with van der Waals surface area (Å²) in [5.41, 5.74) is 52.3. The van der Waals surface area contributed by atoms with E-state index in [2.05, 4.69) is 244 Å². The van der Waals surface area contributed by atoms with Crippen LogP contribution in [0.4, 0.5) is 34.1 Å². The molecule has 12 aromatic carbocycles. The molecule has 0 unspecified atom stereocenters. The van der Waals surface area contributed by atoms with Crippen LogP contribution in [0.1, 0.15) is 22.3 Å². The summed E-state index contributed by atoms with van der Waals surface area (Å²) in [5, 5.41) is 0. The Hall–Kier alpha value is -9.50. The molecule has 82 heavy (non-hydrogen) atoms. The highest BCUT2D eigenvalue weighted by Crippen LogP contribution is 2.62. The van der Waals surface area contributed by atoms with Gasteiger partial charge in [0, 0.05) is 11.4 Å². The molecule has 0 fully saturated rings. The Labute approximate surface area is 478 Å². The Morgan fingerprint density at radius 3 is 0.671 bits per heavy atom. The summed E-state index contributed by atoms with van der Waals surface area (Å²) in [4.78, 5) is 5.79. The first kappa shape index (κ1) is 43.3. The van der Waals surface area contributed by atoms with E-state index in [-0.39, 0.29) is 26.9 Å². The monoisotopic (exact) mass is 1030 g/mol. The number of benzene rings is 12. The van der Waals surface area contributed by atoms with Gasteiger partial charge in [-0.05, 0) is 185 Å². The maximum atomic E-state index is 2.89. The second kappa shape index (κ2) is 14.5. The zero-order chi connectivity index (χ0) is 53.4. The zero-order valence-corrected chi connectivity index (χ0v) is 45.8. The summed E-state index contributed by atoms with van der Waals surface area (Å²) < 4.78 is 0. The SMILES string of the molecule is Cc1ccc(-c2ccc3c(c2)-c2c4c5c6c7c2-c2cc(-c8ccc(C)cc8)ccc2B7c2cccc7c2N6c2c6c(c8c9c2N5c2c(cccc2B9c2ccc(-c5ccc(C)cc5)cc2-8)B34)-c2cc(-c3ccc(C)cc3)ccc2B76)cc1. The average molecular weight is 1030 g/mol. The largest absolute Gasteiger partial charge is 0.308 e. The van der Waals surface area contributed by atoms with Gasteiger partial charge in [0.1, 0.15) is 0 Å². The number of fused-ring (bicyclic) bond motifs is 18. The van der Waals surface area contributed by atoms with Crippen LogP contribution in [0.25, 0.3) is 89.0 Å². The van der Waals surface area contributed by atoms with Crippen LogP contribution in [-0.2, 0) is 0 Å². The highest BCUT2D eigenvalue weighted by molar-refractivity contribution is 7.10. The van der Waals surface area contributed by atoms with E-state index in [1.165, 1.54) is 211 Å². The average Bonchev–Trinajstić information content (AvgIpc) is 2.64. The molecule has 21 rings (SSSR count). The number of nitrogens with zero attached hydrogens (tertiary/aromatic N) is 2. The van der Waals surface area contributed by atoms with Crippen LogP contribution in [0.2, 0.25) is 0 Å².